The number of carbonyl (C=O) groups is 1. The third-order valence-corrected chi connectivity index (χ3v) is 5.80. The van der Waals surface area contributed by atoms with Gasteiger partial charge in [-0.15, -0.1) is 0 Å². The van der Waals surface area contributed by atoms with Gasteiger partial charge in [0.15, 0.2) is 17.2 Å². The molecule has 0 spiro atoms. The zero-order chi connectivity index (χ0) is 22.7. The number of carbonyl (C=O) groups excluding carboxylic acids is 1. The Morgan fingerprint density at radius 1 is 1.10 bits per heavy atom. The van der Waals surface area contributed by atoms with Crippen molar-refractivity contribution in [3.63, 3.8) is 0 Å². The molecule has 0 saturated heterocycles. The van der Waals surface area contributed by atoms with Crippen molar-refractivity contribution in [3.05, 3.63) is 39.9 Å². The van der Waals surface area contributed by atoms with Crippen LogP contribution in [0.1, 0.15) is 59.5 Å². The lowest BCUT2D eigenvalue weighted by atomic mass is 9.86. The molecule has 0 bridgehead atoms. The minimum absolute atomic E-state index is 0.0475. The number of aromatic hydroxyl groups is 1. The standard InChI is InChI=1S/C23H26O8/c1-6-28-9-12-13(24)7-10(2)16-20(12)29-15-8-14-17(11(3)19(15)30-22(16)27)18(25)21(26)23(4,5)31-14/h7-8,18,21,24-26H,6,9H2,1-5H3/t18-,21+/m1/s1. The van der Waals surface area contributed by atoms with E-state index in [1.165, 1.54) is 12.1 Å². The summed E-state index contributed by atoms with van der Waals surface area (Å²) in [6.07, 6.45) is -2.40. The quantitative estimate of drug-likeness (QED) is 0.501. The SMILES string of the molecule is CCOCc1c(O)cc(C)c2c1Oc1cc3c(c(C)c1OC2=O)[C@@H](O)[C@H](O)C(C)(C)O3. The number of fused-ring (bicyclic) bond motifs is 3. The molecule has 0 aliphatic carbocycles. The number of ether oxygens (including phenoxy) is 4. The number of hydrogen-bond acceptors (Lipinski definition) is 8. The van der Waals surface area contributed by atoms with E-state index in [4.69, 9.17) is 18.9 Å². The Hall–Kier alpha value is -2.81. The van der Waals surface area contributed by atoms with E-state index in [0.717, 1.165) is 0 Å². The molecule has 3 N–H and O–H groups in total. The molecule has 2 atom stereocenters. The van der Waals surface area contributed by atoms with Crippen molar-refractivity contribution >= 4 is 5.97 Å². The van der Waals surface area contributed by atoms with Gasteiger partial charge in [0, 0.05) is 23.8 Å². The molecule has 0 aromatic heterocycles. The molecule has 2 aromatic rings. The van der Waals surface area contributed by atoms with Gasteiger partial charge in [0.25, 0.3) is 0 Å². The van der Waals surface area contributed by atoms with Gasteiger partial charge in [0.1, 0.15) is 34.9 Å². The molecule has 2 aliphatic heterocycles. The van der Waals surface area contributed by atoms with Crippen molar-refractivity contribution in [3.8, 4) is 28.7 Å². The predicted molar refractivity (Wildman–Crippen MR) is 110 cm³/mol. The van der Waals surface area contributed by atoms with Crippen LogP contribution in [0, 0.1) is 13.8 Å². The largest absolute Gasteiger partial charge is 0.507 e. The highest BCUT2D eigenvalue weighted by Crippen LogP contribution is 2.51. The molecule has 0 unspecified atom stereocenters. The Balaban J connectivity index is 1.92. The Morgan fingerprint density at radius 3 is 2.48 bits per heavy atom. The van der Waals surface area contributed by atoms with Crippen LogP contribution in [-0.4, -0.2) is 39.6 Å². The first kappa shape index (κ1) is 21.4. The van der Waals surface area contributed by atoms with Crippen molar-refractivity contribution < 1.29 is 39.1 Å². The van der Waals surface area contributed by atoms with Gasteiger partial charge in [0.05, 0.1) is 12.2 Å². The van der Waals surface area contributed by atoms with E-state index in [0.29, 0.717) is 34.6 Å². The normalized spacial score (nSPS) is 21.1. The van der Waals surface area contributed by atoms with E-state index in [9.17, 15) is 20.1 Å². The number of aliphatic hydroxyl groups is 2. The van der Waals surface area contributed by atoms with E-state index in [2.05, 4.69) is 0 Å². The van der Waals surface area contributed by atoms with E-state index < -0.39 is 23.8 Å². The summed E-state index contributed by atoms with van der Waals surface area (Å²) < 4.78 is 23.2. The summed E-state index contributed by atoms with van der Waals surface area (Å²) in [7, 11) is 0. The maximum Gasteiger partial charge on any atom is 0.347 e. The minimum atomic E-state index is -1.23. The zero-order valence-corrected chi connectivity index (χ0v) is 18.1. The minimum Gasteiger partial charge on any atom is -0.507 e. The van der Waals surface area contributed by atoms with Gasteiger partial charge in [-0.2, -0.15) is 0 Å². The summed E-state index contributed by atoms with van der Waals surface area (Å²) in [6, 6.07) is 3.00. The van der Waals surface area contributed by atoms with Gasteiger partial charge in [0.2, 0.25) is 0 Å². The highest BCUT2D eigenvalue weighted by atomic mass is 16.6. The van der Waals surface area contributed by atoms with E-state index in [1.807, 2.05) is 6.92 Å². The predicted octanol–water partition coefficient (Wildman–Crippen LogP) is 3.44. The lowest BCUT2D eigenvalue weighted by molar-refractivity contribution is -0.112. The van der Waals surface area contributed by atoms with Crippen LogP contribution in [-0.2, 0) is 11.3 Å². The van der Waals surface area contributed by atoms with Crippen LogP contribution in [0.15, 0.2) is 12.1 Å². The van der Waals surface area contributed by atoms with Crippen molar-refractivity contribution in [2.45, 2.75) is 59.0 Å². The van der Waals surface area contributed by atoms with Gasteiger partial charge in [-0.1, -0.05) is 0 Å². The highest BCUT2D eigenvalue weighted by Gasteiger charge is 2.44. The van der Waals surface area contributed by atoms with Crippen molar-refractivity contribution in [2.24, 2.45) is 0 Å². The average Bonchev–Trinajstić information content (AvgIpc) is 2.82. The summed E-state index contributed by atoms with van der Waals surface area (Å²) in [4.78, 5) is 13.0. The molecule has 2 aliphatic rings. The summed E-state index contributed by atoms with van der Waals surface area (Å²) in [5, 5.41) is 31.7. The Bertz CT molecular complexity index is 1070. The summed E-state index contributed by atoms with van der Waals surface area (Å²) in [5.41, 5.74) is 0.718. The van der Waals surface area contributed by atoms with Crippen LogP contribution in [0.5, 0.6) is 28.7 Å². The van der Waals surface area contributed by atoms with Crippen LogP contribution in [0.4, 0.5) is 0 Å². The fraction of sp³-hybridized carbons (Fsp3) is 0.435. The van der Waals surface area contributed by atoms with Crippen LogP contribution >= 0.6 is 0 Å². The topological polar surface area (TPSA) is 115 Å². The number of esters is 1. The van der Waals surface area contributed by atoms with Crippen LogP contribution in [0.2, 0.25) is 0 Å². The number of aryl methyl sites for hydroxylation is 1. The molecule has 8 nitrogen and oxygen atoms in total. The molecular weight excluding hydrogens is 404 g/mol. The monoisotopic (exact) mass is 430 g/mol. The van der Waals surface area contributed by atoms with E-state index in [1.54, 1.807) is 27.7 Å². The number of hydrogen-bond donors (Lipinski definition) is 3. The number of aliphatic hydroxyl groups excluding tert-OH is 2. The molecule has 0 fully saturated rings. The number of phenols is 1. The van der Waals surface area contributed by atoms with Crippen molar-refractivity contribution in [1.82, 2.24) is 0 Å². The van der Waals surface area contributed by atoms with Crippen molar-refractivity contribution in [2.75, 3.05) is 6.61 Å². The Labute approximate surface area is 179 Å². The highest BCUT2D eigenvalue weighted by molar-refractivity contribution is 5.98. The second-order valence-corrected chi connectivity index (χ2v) is 8.36. The van der Waals surface area contributed by atoms with Gasteiger partial charge in [-0.25, -0.2) is 4.79 Å². The third-order valence-electron chi connectivity index (χ3n) is 5.80. The molecule has 0 amide bonds. The van der Waals surface area contributed by atoms with Crippen LogP contribution in [0.3, 0.4) is 0 Å². The molecule has 31 heavy (non-hydrogen) atoms. The Morgan fingerprint density at radius 2 is 1.81 bits per heavy atom. The second kappa shape index (κ2) is 7.40. The van der Waals surface area contributed by atoms with Gasteiger partial charge in [-0.3, -0.25) is 0 Å². The van der Waals surface area contributed by atoms with E-state index >= 15 is 0 Å². The summed E-state index contributed by atoms with van der Waals surface area (Å²) >= 11 is 0. The lowest BCUT2D eigenvalue weighted by Gasteiger charge is -2.41. The second-order valence-electron chi connectivity index (χ2n) is 8.36. The van der Waals surface area contributed by atoms with Gasteiger partial charge < -0.3 is 34.3 Å². The molecule has 4 rings (SSSR count). The maximum absolute atomic E-state index is 13.0. The molecule has 2 heterocycles. The van der Waals surface area contributed by atoms with Crippen LogP contribution < -0.4 is 14.2 Å². The Kier molecular flexibility index (Phi) is 5.12. The van der Waals surface area contributed by atoms with Crippen LogP contribution in [0.25, 0.3) is 0 Å². The number of phenolic OH excluding ortho intramolecular Hbond substituents is 1. The van der Waals surface area contributed by atoms with Gasteiger partial charge >= 0.3 is 5.97 Å². The first-order valence-electron chi connectivity index (χ1n) is 10.1. The molecule has 166 valence electrons. The van der Waals surface area contributed by atoms with Crippen molar-refractivity contribution in [1.29, 1.82) is 0 Å². The maximum atomic E-state index is 13.0. The first-order valence-corrected chi connectivity index (χ1v) is 10.1. The molecule has 0 saturated carbocycles. The number of benzene rings is 2. The molecule has 8 heteroatoms. The zero-order valence-electron chi connectivity index (χ0n) is 18.1. The average molecular weight is 430 g/mol. The third kappa shape index (κ3) is 3.31. The first-order chi connectivity index (χ1) is 14.6. The summed E-state index contributed by atoms with van der Waals surface area (Å²) in [5.74, 6) is 0.0958. The van der Waals surface area contributed by atoms with E-state index in [-0.39, 0.29) is 35.2 Å². The fourth-order valence-corrected chi connectivity index (χ4v) is 4.07. The summed E-state index contributed by atoms with van der Waals surface area (Å²) in [6.45, 7) is 8.96. The molecule has 0 radical (unpaired) electrons. The lowest BCUT2D eigenvalue weighted by Crippen LogP contribution is -2.49. The van der Waals surface area contributed by atoms with Gasteiger partial charge in [-0.05, 0) is 46.2 Å². The fourth-order valence-electron chi connectivity index (χ4n) is 4.07. The smallest absolute Gasteiger partial charge is 0.347 e. The molecular formula is C23H26O8. The number of rotatable bonds is 3. The molecule has 2 aromatic carbocycles.